The van der Waals surface area contributed by atoms with E-state index < -0.39 is 0 Å². The molecule has 1 aliphatic rings. The number of carbonyl (C=O) groups excluding carboxylic acids is 1. The summed E-state index contributed by atoms with van der Waals surface area (Å²) < 4.78 is 4.99. The molecule has 1 unspecified atom stereocenters. The minimum atomic E-state index is -0.258. The molecule has 7 nitrogen and oxygen atoms in total. The SMILES string of the molecule is Cc1cc(C(=O)N2CCCC2c2nc3ccccc3c(=O)[nH]2)no1. The number of fused-ring (bicyclic) bond motifs is 1. The molecule has 1 aliphatic heterocycles. The molecule has 1 saturated heterocycles. The largest absolute Gasteiger partial charge is 0.361 e. The van der Waals surface area contributed by atoms with Crippen LogP contribution < -0.4 is 5.56 Å². The zero-order valence-electron chi connectivity index (χ0n) is 13.2. The maximum atomic E-state index is 12.7. The molecule has 1 atom stereocenters. The van der Waals surface area contributed by atoms with Crippen LogP contribution in [0.2, 0.25) is 0 Å². The number of aryl methyl sites for hydroxylation is 1. The van der Waals surface area contributed by atoms with Crippen molar-refractivity contribution in [2.75, 3.05) is 6.54 Å². The van der Waals surface area contributed by atoms with Crippen molar-refractivity contribution in [3.05, 3.63) is 58.0 Å². The van der Waals surface area contributed by atoms with Gasteiger partial charge in [-0.3, -0.25) is 9.59 Å². The summed E-state index contributed by atoms with van der Waals surface area (Å²) in [5, 5.41) is 4.34. The van der Waals surface area contributed by atoms with Crippen LogP contribution in [0.3, 0.4) is 0 Å². The molecule has 0 radical (unpaired) electrons. The summed E-state index contributed by atoms with van der Waals surface area (Å²) >= 11 is 0. The second-order valence-electron chi connectivity index (χ2n) is 5.95. The Morgan fingerprint density at radius 3 is 3.00 bits per heavy atom. The van der Waals surface area contributed by atoms with E-state index in [1.807, 2.05) is 6.07 Å². The fourth-order valence-corrected chi connectivity index (χ4v) is 3.17. The van der Waals surface area contributed by atoms with Crippen LogP contribution in [-0.4, -0.2) is 32.5 Å². The summed E-state index contributed by atoms with van der Waals surface area (Å²) in [7, 11) is 0. The van der Waals surface area contributed by atoms with E-state index >= 15 is 0 Å². The maximum Gasteiger partial charge on any atom is 0.276 e. The van der Waals surface area contributed by atoms with Crippen LogP contribution in [0.1, 0.15) is 41.0 Å². The van der Waals surface area contributed by atoms with Crippen molar-refractivity contribution in [1.82, 2.24) is 20.0 Å². The maximum absolute atomic E-state index is 12.7. The minimum absolute atomic E-state index is 0.188. The van der Waals surface area contributed by atoms with E-state index in [4.69, 9.17) is 4.52 Å². The number of H-pyrrole nitrogens is 1. The molecule has 1 fully saturated rings. The summed E-state index contributed by atoms with van der Waals surface area (Å²) in [5.74, 6) is 0.904. The number of hydrogen-bond donors (Lipinski definition) is 1. The third-order valence-corrected chi connectivity index (χ3v) is 4.31. The Morgan fingerprint density at radius 2 is 2.21 bits per heavy atom. The third kappa shape index (κ3) is 2.38. The predicted octanol–water partition coefficient (Wildman–Crippen LogP) is 2.20. The van der Waals surface area contributed by atoms with E-state index in [9.17, 15) is 9.59 Å². The average Bonchev–Trinajstić information content (AvgIpc) is 3.23. The summed E-state index contributed by atoms with van der Waals surface area (Å²) in [6, 6.07) is 8.54. The summed E-state index contributed by atoms with van der Waals surface area (Å²) in [6.45, 7) is 2.35. The van der Waals surface area contributed by atoms with Gasteiger partial charge >= 0.3 is 0 Å². The number of rotatable bonds is 2. The van der Waals surface area contributed by atoms with E-state index in [2.05, 4.69) is 15.1 Å². The topological polar surface area (TPSA) is 92.1 Å². The van der Waals surface area contributed by atoms with Crippen LogP contribution in [0.25, 0.3) is 10.9 Å². The van der Waals surface area contributed by atoms with Crippen LogP contribution in [0, 0.1) is 6.92 Å². The second kappa shape index (κ2) is 5.59. The van der Waals surface area contributed by atoms with Crippen molar-refractivity contribution in [1.29, 1.82) is 0 Å². The first-order valence-electron chi connectivity index (χ1n) is 7.87. The van der Waals surface area contributed by atoms with Crippen molar-refractivity contribution in [3.8, 4) is 0 Å². The molecule has 0 bridgehead atoms. The Labute approximate surface area is 137 Å². The van der Waals surface area contributed by atoms with Gasteiger partial charge in [0.2, 0.25) is 0 Å². The molecular weight excluding hydrogens is 308 g/mol. The highest BCUT2D eigenvalue weighted by molar-refractivity contribution is 5.92. The fraction of sp³-hybridized carbons (Fsp3) is 0.294. The van der Waals surface area contributed by atoms with Gasteiger partial charge < -0.3 is 14.4 Å². The van der Waals surface area contributed by atoms with Crippen LogP contribution in [0.15, 0.2) is 39.6 Å². The number of carbonyl (C=O) groups is 1. The summed E-state index contributed by atoms with van der Waals surface area (Å²) in [6.07, 6.45) is 1.60. The highest BCUT2D eigenvalue weighted by atomic mass is 16.5. The lowest BCUT2D eigenvalue weighted by Crippen LogP contribution is -2.32. The van der Waals surface area contributed by atoms with Gasteiger partial charge in [0.05, 0.1) is 16.9 Å². The molecule has 0 saturated carbocycles. The van der Waals surface area contributed by atoms with Gasteiger partial charge in [-0.1, -0.05) is 17.3 Å². The minimum Gasteiger partial charge on any atom is -0.361 e. The zero-order valence-corrected chi connectivity index (χ0v) is 13.2. The molecule has 2 aromatic heterocycles. The number of likely N-dealkylation sites (tertiary alicyclic amines) is 1. The third-order valence-electron chi connectivity index (χ3n) is 4.31. The lowest BCUT2D eigenvalue weighted by Gasteiger charge is -2.23. The van der Waals surface area contributed by atoms with Gasteiger partial charge in [0, 0.05) is 12.6 Å². The van der Waals surface area contributed by atoms with Crippen LogP contribution in [0.4, 0.5) is 0 Å². The number of aromatic amines is 1. The van der Waals surface area contributed by atoms with Crippen molar-refractivity contribution >= 4 is 16.8 Å². The van der Waals surface area contributed by atoms with E-state index in [1.165, 1.54) is 0 Å². The van der Waals surface area contributed by atoms with Crippen molar-refractivity contribution < 1.29 is 9.32 Å². The molecule has 1 amide bonds. The quantitative estimate of drug-likeness (QED) is 0.780. The molecule has 4 rings (SSSR count). The van der Waals surface area contributed by atoms with Gasteiger partial charge in [0.1, 0.15) is 11.6 Å². The molecule has 122 valence electrons. The number of nitrogens with zero attached hydrogens (tertiary/aromatic N) is 3. The van der Waals surface area contributed by atoms with Crippen LogP contribution in [-0.2, 0) is 0 Å². The lowest BCUT2D eigenvalue weighted by atomic mass is 10.1. The normalized spacial score (nSPS) is 17.5. The van der Waals surface area contributed by atoms with E-state index in [0.717, 1.165) is 12.8 Å². The highest BCUT2D eigenvalue weighted by Gasteiger charge is 2.33. The lowest BCUT2D eigenvalue weighted by molar-refractivity contribution is 0.0719. The van der Waals surface area contributed by atoms with Crippen LogP contribution >= 0.6 is 0 Å². The summed E-state index contributed by atoms with van der Waals surface area (Å²) in [5.41, 5.74) is 0.725. The molecular formula is C17H16N4O3. The standard InChI is InChI=1S/C17H16N4O3/c1-10-9-13(20-24-10)17(23)21-8-4-7-14(21)15-18-12-6-3-2-5-11(12)16(22)19-15/h2-3,5-6,9,14H,4,7-8H2,1H3,(H,18,19,22). The first-order valence-corrected chi connectivity index (χ1v) is 7.87. The Morgan fingerprint density at radius 1 is 1.38 bits per heavy atom. The number of hydrogen-bond acceptors (Lipinski definition) is 5. The molecule has 24 heavy (non-hydrogen) atoms. The van der Waals surface area contributed by atoms with Crippen LogP contribution in [0.5, 0.6) is 0 Å². The first kappa shape index (κ1) is 14.6. The molecule has 0 spiro atoms. The van der Waals surface area contributed by atoms with Crippen molar-refractivity contribution in [2.24, 2.45) is 0 Å². The van der Waals surface area contributed by atoms with Gasteiger partial charge in [-0.2, -0.15) is 0 Å². The van der Waals surface area contributed by atoms with E-state index in [1.54, 1.807) is 36.1 Å². The zero-order chi connectivity index (χ0) is 16.7. The van der Waals surface area contributed by atoms with Gasteiger partial charge in [-0.05, 0) is 31.9 Å². The highest BCUT2D eigenvalue weighted by Crippen LogP contribution is 2.31. The Hall–Kier alpha value is -2.96. The van der Waals surface area contributed by atoms with E-state index in [-0.39, 0.29) is 23.2 Å². The van der Waals surface area contributed by atoms with Gasteiger partial charge in [0.25, 0.3) is 11.5 Å². The Bertz CT molecular complexity index is 975. The molecule has 1 aromatic carbocycles. The second-order valence-corrected chi connectivity index (χ2v) is 5.95. The number of nitrogens with one attached hydrogen (secondary N) is 1. The smallest absolute Gasteiger partial charge is 0.276 e. The number of aromatic nitrogens is 3. The molecule has 1 N–H and O–H groups in total. The summed E-state index contributed by atoms with van der Waals surface area (Å²) in [4.78, 5) is 34.0. The number of amides is 1. The van der Waals surface area contributed by atoms with Gasteiger partial charge in [-0.15, -0.1) is 0 Å². The molecule has 7 heteroatoms. The Kier molecular flexibility index (Phi) is 3.41. The molecule has 3 aromatic rings. The van der Waals surface area contributed by atoms with E-state index in [0.29, 0.717) is 29.0 Å². The average molecular weight is 324 g/mol. The molecule has 0 aliphatic carbocycles. The monoisotopic (exact) mass is 324 g/mol. The fourth-order valence-electron chi connectivity index (χ4n) is 3.17. The Balaban J connectivity index is 1.72. The molecule has 3 heterocycles. The predicted molar refractivity (Wildman–Crippen MR) is 86.6 cm³/mol. The number of benzene rings is 1. The van der Waals surface area contributed by atoms with Crippen molar-refractivity contribution in [3.63, 3.8) is 0 Å². The van der Waals surface area contributed by atoms with Gasteiger partial charge in [-0.25, -0.2) is 4.98 Å². The first-order chi connectivity index (χ1) is 11.6. The van der Waals surface area contributed by atoms with Gasteiger partial charge in [0.15, 0.2) is 5.69 Å². The number of para-hydroxylation sites is 1. The van der Waals surface area contributed by atoms with Crippen molar-refractivity contribution in [2.45, 2.75) is 25.8 Å².